The molecule has 0 fully saturated rings. The molecule has 2 aromatic rings. The number of thiazole rings is 1. The van der Waals surface area contributed by atoms with Gasteiger partial charge in [-0.1, -0.05) is 0 Å². The first-order valence-corrected chi connectivity index (χ1v) is 6.61. The lowest BCUT2D eigenvalue weighted by atomic mass is 10.3. The van der Waals surface area contributed by atoms with Gasteiger partial charge in [-0.3, -0.25) is 0 Å². The number of hydrogen-bond acceptors (Lipinski definition) is 6. The number of aryl methyl sites for hydroxylation is 1. The predicted molar refractivity (Wildman–Crippen MR) is 75.3 cm³/mol. The second-order valence-electron chi connectivity index (χ2n) is 4.14. The minimum atomic E-state index is 0.817. The van der Waals surface area contributed by atoms with E-state index in [-0.39, 0.29) is 0 Å². The van der Waals surface area contributed by atoms with Gasteiger partial charge in [0.2, 0.25) is 0 Å². The van der Waals surface area contributed by atoms with Crippen LogP contribution in [0.4, 0.5) is 11.6 Å². The van der Waals surface area contributed by atoms with Gasteiger partial charge in [0, 0.05) is 24.5 Å². The fourth-order valence-corrected chi connectivity index (χ4v) is 2.68. The van der Waals surface area contributed by atoms with Crippen molar-refractivity contribution in [2.24, 2.45) is 0 Å². The monoisotopic (exact) mass is 263 g/mol. The maximum absolute atomic E-state index is 4.36. The second-order valence-corrected chi connectivity index (χ2v) is 5.08. The van der Waals surface area contributed by atoms with Crippen molar-refractivity contribution in [3.05, 3.63) is 28.0 Å². The summed E-state index contributed by atoms with van der Waals surface area (Å²) in [5, 5.41) is 3.07. The molecule has 0 aliphatic heterocycles. The SMILES string of the molecule is CNc1ncnc(N(C)Cc2scnc2C)c1C. The van der Waals surface area contributed by atoms with E-state index in [1.54, 1.807) is 17.7 Å². The zero-order valence-corrected chi connectivity index (χ0v) is 11.9. The van der Waals surface area contributed by atoms with Crippen LogP contribution in [0.15, 0.2) is 11.8 Å². The van der Waals surface area contributed by atoms with Gasteiger partial charge in [-0.05, 0) is 13.8 Å². The van der Waals surface area contributed by atoms with E-state index >= 15 is 0 Å². The van der Waals surface area contributed by atoms with Gasteiger partial charge in [-0.25, -0.2) is 15.0 Å². The summed E-state index contributed by atoms with van der Waals surface area (Å²) < 4.78 is 0. The smallest absolute Gasteiger partial charge is 0.137 e. The molecule has 0 radical (unpaired) electrons. The third-order valence-corrected chi connectivity index (χ3v) is 3.80. The molecule has 0 atom stereocenters. The Morgan fingerprint density at radius 2 is 2.06 bits per heavy atom. The molecule has 2 rings (SSSR count). The Morgan fingerprint density at radius 3 is 2.67 bits per heavy atom. The average molecular weight is 263 g/mol. The van der Waals surface area contributed by atoms with Crippen LogP contribution in [-0.2, 0) is 6.54 Å². The van der Waals surface area contributed by atoms with Crippen molar-refractivity contribution in [2.45, 2.75) is 20.4 Å². The van der Waals surface area contributed by atoms with E-state index in [1.165, 1.54) is 4.88 Å². The van der Waals surface area contributed by atoms with Crippen molar-refractivity contribution in [1.82, 2.24) is 15.0 Å². The van der Waals surface area contributed by atoms with Crippen molar-refractivity contribution in [3.8, 4) is 0 Å². The molecule has 0 aromatic carbocycles. The highest BCUT2D eigenvalue weighted by Crippen LogP contribution is 2.23. The molecule has 6 heteroatoms. The predicted octanol–water partition coefficient (Wildman–Crippen LogP) is 2.23. The van der Waals surface area contributed by atoms with Crippen molar-refractivity contribution in [1.29, 1.82) is 0 Å². The summed E-state index contributed by atoms with van der Waals surface area (Å²) in [5.74, 6) is 1.81. The average Bonchev–Trinajstić information content (AvgIpc) is 2.75. The molecule has 0 aliphatic carbocycles. The van der Waals surface area contributed by atoms with Gasteiger partial charge in [0.1, 0.15) is 18.0 Å². The van der Waals surface area contributed by atoms with Crippen LogP contribution < -0.4 is 10.2 Å². The van der Waals surface area contributed by atoms with Crippen LogP contribution in [0.3, 0.4) is 0 Å². The van der Waals surface area contributed by atoms with Crippen LogP contribution >= 0.6 is 11.3 Å². The number of nitrogens with zero attached hydrogens (tertiary/aromatic N) is 4. The van der Waals surface area contributed by atoms with E-state index in [9.17, 15) is 0 Å². The molecule has 0 unspecified atom stereocenters. The van der Waals surface area contributed by atoms with Crippen LogP contribution in [0.2, 0.25) is 0 Å². The minimum Gasteiger partial charge on any atom is -0.373 e. The van der Waals surface area contributed by atoms with Crippen LogP contribution in [0.5, 0.6) is 0 Å². The highest BCUT2D eigenvalue weighted by atomic mass is 32.1. The zero-order chi connectivity index (χ0) is 13.1. The highest BCUT2D eigenvalue weighted by molar-refractivity contribution is 7.09. The molecular formula is C12H17N5S. The van der Waals surface area contributed by atoms with E-state index < -0.39 is 0 Å². The molecule has 0 spiro atoms. The van der Waals surface area contributed by atoms with Crippen molar-refractivity contribution < 1.29 is 0 Å². The molecular weight excluding hydrogens is 246 g/mol. The van der Waals surface area contributed by atoms with Gasteiger partial charge in [-0.15, -0.1) is 11.3 Å². The number of rotatable bonds is 4. The zero-order valence-electron chi connectivity index (χ0n) is 11.1. The maximum atomic E-state index is 4.36. The third kappa shape index (κ3) is 2.43. The fraction of sp³-hybridized carbons (Fsp3) is 0.417. The normalized spacial score (nSPS) is 10.4. The second kappa shape index (κ2) is 5.30. The van der Waals surface area contributed by atoms with Crippen LogP contribution in [-0.4, -0.2) is 29.0 Å². The summed E-state index contributed by atoms with van der Waals surface area (Å²) in [7, 11) is 3.90. The summed E-state index contributed by atoms with van der Waals surface area (Å²) in [5.41, 5.74) is 4.03. The standard InChI is InChI=1S/C12H17N5S/c1-8-11(13-3)14-6-15-12(8)17(4)5-10-9(2)16-7-18-10/h6-7H,5H2,1-4H3,(H,13,14,15). The molecule has 2 aromatic heterocycles. The summed E-state index contributed by atoms with van der Waals surface area (Å²) in [4.78, 5) is 16.2. The topological polar surface area (TPSA) is 53.9 Å². The Bertz CT molecular complexity index is 537. The lowest BCUT2D eigenvalue weighted by Gasteiger charge is -2.20. The minimum absolute atomic E-state index is 0.817. The van der Waals surface area contributed by atoms with Gasteiger partial charge in [0.25, 0.3) is 0 Å². The van der Waals surface area contributed by atoms with Gasteiger partial charge in [-0.2, -0.15) is 0 Å². The number of hydrogen-bond donors (Lipinski definition) is 1. The van der Waals surface area contributed by atoms with Gasteiger partial charge in [0.05, 0.1) is 17.7 Å². The first-order valence-electron chi connectivity index (χ1n) is 5.73. The molecule has 0 bridgehead atoms. The van der Waals surface area contributed by atoms with Crippen molar-refractivity contribution >= 4 is 23.0 Å². The fourth-order valence-electron chi connectivity index (χ4n) is 1.85. The molecule has 0 aliphatic rings. The molecule has 0 amide bonds. The van der Waals surface area contributed by atoms with E-state index in [1.807, 2.05) is 33.5 Å². The molecule has 5 nitrogen and oxygen atoms in total. The molecule has 0 saturated carbocycles. The van der Waals surface area contributed by atoms with Crippen molar-refractivity contribution in [3.63, 3.8) is 0 Å². The van der Waals surface area contributed by atoms with Gasteiger partial charge in [0.15, 0.2) is 0 Å². The van der Waals surface area contributed by atoms with Crippen LogP contribution in [0.25, 0.3) is 0 Å². The Hall–Kier alpha value is -1.69. The van der Waals surface area contributed by atoms with Gasteiger partial charge < -0.3 is 10.2 Å². The highest BCUT2D eigenvalue weighted by Gasteiger charge is 2.12. The third-order valence-electron chi connectivity index (χ3n) is 2.88. The molecule has 18 heavy (non-hydrogen) atoms. The lowest BCUT2D eigenvalue weighted by molar-refractivity contribution is 0.886. The van der Waals surface area contributed by atoms with Gasteiger partial charge >= 0.3 is 0 Å². The van der Waals surface area contributed by atoms with Crippen LogP contribution in [0.1, 0.15) is 16.1 Å². The quantitative estimate of drug-likeness (QED) is 0.916. The Balaban J connectivity index is 2.24. The van der Waals surface area contributed by atoms with E-state index in [2.05, 4.69) is 25.2 Å². The molecule has 0 saturated heterocycles. The maximum Gasteiger partial charge on any atom is 0.137 e. The number of anilines is 2. The Labute approximate surface area is 111 Å². The number of aromatic nitrogens is 3. The van der Waals surface area contributed by atoms with E-state index in [4.69, 9.17) is 0 Å². The summed E-state index contributed by atoms with van der Waals surface area (Å²) in [6.45, 7) is 4.88. The Morgan fingerprint density at radius 1 is 1.28 bits per heavy atom. The molecule has 96 valence electrons. The van der Waals surface area contributed by atoms with Crippen molar-refractivity contribution in [2.75, 3.05) is 24.3 Å². The number of nitrogens with one attached hydrogen (secondary N) is 1. The molecule has 1 N–H and O–H groups in total. The summed E-state index contributed by atoms with van der Waals surface area (Å²) in [6.07, 6.45) is 1.59. The van der Waals surface area contributed by atoms with Crippen LogP contribution in [0, 0.1) is 13.8 Å². The summed E-state index contributed by atoms with van der Waals surface area (Å²) >= 11 is 1.68. The van der Waals surface area contributed by atoms with E-state index in [0.29, 0.717) is 0 Å². The lowest BCUT2D eigenvalue weighted by Crippen LogP contribution is -2.19. The Kier molecular flexibility index (Phi) is 3.76. The first-order chi connectivity index (χ1) is 8.63. The largest absolute Gasteiger partial charge is 0.373 e. The van der Waals surface area contributed by atoms with E-state index in [0.717, 1.165) is 29.4 Å². The first kappa shape index (κ1) is 12.8. The molecule has 2 heterocycles. The summed E-state index contributed by atoms with van der Waals surface area (Å²) in [6, 6.07) is 0.